The molecule has 1 heterocycles. The van der Waals surface area contributed by atoms with Crippen molar-refractivity contribution in [2.75, 3.05) is 39.3 Å². The van der Waals surface area contributed by atoms with Gasteiger partial charge in [-0.25, -0.2) is 13.1 Å². The van der Waals surface area contributed by atoms with Gasteiger partial charge >= 0.3 is 0 Å². The molecular formula is C24H35N3O3S. The summed E-state index contributed by atoms with van der Waals surface area (Å²) in [4.78, 5) is 5.35. The predicted molar refractivity (Wildman–Crippen MR) is 124 cm³/mol. The summed E-state index contributed by atoms with van der Waals surface area (Å²) in [5, 5.41) is 9.14. The average molecular weight is 446 g/mol. The van der Waals surface area contributed by atoms with Crippen molar-refractivity contribution in [1.82, 2.24) is 14.5 Å². The van der Waals surface area contributed by atoms with Crippen LogP contribution >= 0.6 is 0 Å². The van der Waals surface area contributed by atoms with Crippen molar-refractivity contribution in [2.45, 2.75) is 43.7 Å². The van der Waals surface area contributed by atoms with Gasteiger partial charge in [-0.2, -0.15) is 0 Å². The summed E-state index contributed by atoms with van der Waals surface area (Å²) in [5.41, 5.74) is 2.26. The molecule has 7 heteroatoms. The van der Waals surface area contributed by atoms with Gasteiger partial charge in [0.2, 0.25) is 10.0 Å². The van der Waals surface area contributed by atoms with Crippen molar-refractivity contribution in [3.05, 3.63) is 65.7 Å². The molecule has 170 valence electrons. The van der Waals surface area contributed by atoms with E-state index in [2.05, 4.69) is 26.7 Å². The van der Waals surface area contributed by atoms with Gasteiger partial charge in [0.05, 0.1) is 11.5 Å². The van der Waals surface area contributed by atoms with Gasteiger partial charge in [0, 0.05) is 39.3 Å². The second kappa shape index (κ2) is 12.3. The highest BCUT2D eigenvalue weighted by atomic mass is 32.2. The predicted octanol–water partition coefficient (Wildman–Crippen LogP) is 2.84. The van der Waals surface area contributed by atoms with Gasteiger partial charge in [-0.05, 0) is 42.6 Å². The largest absolute Gasteiger partial charge is 0.392 e. The third-order valence-corrected chi connectivity index (χ3v) is 7.30. The highest BCUT2D eigenvalue weighted by Crippen LogP contribution is 2.12. The summed E-state index contributed by atoms with van der Waals surface area (Å²) in [6, 6.07) is 16.7. The fourth-order valence-electron chi connectivity index (χ4n) is 3.88. The minimum Gasteiger partial charge on any atom is -0.392 e. The lowest BCUT2D eigenvalue weighted by molar-refractivity contribution is 0.125. The number of aliphatic hydroxyl groups excluding tert-OH is 1. The number of rotatable bonds is 12. The Labute approximate surface area is 186 Å². The molecule has 1 saturated heterocycles. The SMILES string of the molecule is O=S(=O)(NCCCCCCN1CCN(Cc2ccc(CO)cc2)CC1)c1ccccc1. The minimum atomic E-state index is -3.38. The Hall–Kier alpha value is -1.77. The van der Waals surface area contributed by atoms with E-state index in [4.69, 9.17) is 5.11 Å². The summed E-state index contributed by atoms with van der Waals surface area (Å²) < 4.78 is 27.0. The van der Waals surface area contributed by atoms with Crippen molar-refractivity contribution in [2.24, 2.45) is 0 Å². The van der Waals surface area contributed by atoms with E-state index in [0.717, 1.165) is 70.5 Å². The number of hydrogen-bond donors (Lipinski definition) is 2. The van der Waals surface area contributed by atoms with Gasteiger partial charge in [0.25, 0.3) is 0 Å². The lowest BCUT2D eigenvalue weighted by atomic mass is 10.1. The summed E-state index contributed by atoms with van der Waals surface area (Å²) in [6.07, 6.45) is 4.20. The highest BCUT2D eigenvalue weighted by Gasteiger charge is 2.16. The summed E-state index contributed by atoms with van der Waals surface area (Å²) in [6.45, 7) is 7.06. The number of piperazine rings is 1. The monoisotopic (exact) mass is 445 g/mol. The molecule has 0 aliphatic carbocycles. The first-order chi connectivity index (χ1) is 15.1. The standard InChI is InChI=1S/C24H35N3O3S/c28-21-23-12-10-22(11-13-23)20-27-18-16-26(17-19-27)15-7-2-1-6-14-25-31(29,30)24-8-4-3-5-9-24/h3-5,8-13,25,28H,1-2,6-7,14-21H2. The molecule has 31 heavy (non-hydrogen) atoms. The van der Waals surface area contributed by atoms with Gasteiger partial charge in [-0.3, -0.25) is 4.90 Å². The Morgan fingerprint density at radius 1 is 0.774 bits per heavy atom. The Kier molecular flexibility index (Phi) is 9.49. The van der Waals surface area contributed by atoms with E-state index >= 15 is 0 Å². The van der Waals surface area contributed by atoms with Crippen molar-refractivity contribution < 1.29 is 13.5 Å². The number of benzene rings is 2. The Morgan fingerprint density at radius 2 is 1.39 bits per heavy atom. The highest BCUT2D eigenvalue weighted by molar-refractivity contribution is 7.89. The van der Waals surface area contributed by atoms with Crippen molar-refractivity contribution >= 4 is 10.0 Å². The number of hydrogen-bond acceptors (Lipinski definition) is 5. The van der Waals surface area contributed by atoms with Crippen LogP contribution in [-0.2, 0) is 23.2 Å². The zero-order valence-corrected chi connectivity index (χ0v) is 19.1. The van der Waals surface area contributed by atoms with Crippen LogP contribution in [0.1, 0.15) is 36.8 Å². The maximum atomic E-state index is 12.2. The molecule has 3 rings (SSSR count). The second-order valence-corrected chi connectivity index (χ2v) is 9.98. The molecule has 1 fully saturated rings. The van der Waals surface area contributed by atoms with Crippen molar-refractivity contribution in [1.29, 1.82) is 0 Å². The molecule has 0 atom stereocenters. The zero-order chi connectivity index (χ0) is 21.9. The van der Waals surface area contributed by atoms with Crippen LogP contribution in [0.2, 0.25) is 0 Å². The third kappa shape index (κ3) is 8.01. The van der Waals surface area contributed by atoms with Crippen LogP contribution in [0.4, 0.5) is 0 Å². The first kappa shape index (κ1) is 23.9. The molecule has 2 N–H and O–H groups in total. The van der Waals surface area contributed by atoms with Crippen molar-refractivity contribution in [3.8, 4) is 0 Å². The normalized spacial score (nSPS) is 15.9. The molecule has 2 aromatic rings. The van der Waals surface area contributed by atoms with E-state index < -0.39 is 10.0 Å². The van der Waals surface area contributed by atoms with E-state index in [0.29, 0.717) is 11.4 Å². The molecule has 0 spiro atoms. The number of aliphatic hydroxyl groups is 1. The molecular weight excluding hydrogens is 410 g/mol. The first-order valence-corrected chi connectivity index (χ1v) is 12.7. The fraction of sp³-hybridized carbons (Fsp3) is 0.500. The Bertz CT molecular complexity index is 865. The van der Waals surface area contributed by atoms with E-state index in [1.807, 2.05) is 18.2 Å². The van der Waals surface area contributed by atoms with Crippen LogP contribution in [0, 0.1) is 0 Å². The van der Waals surface area contributed by atoms with Crippen LogP contribution in [-0.4, -0.2) is 62.6 Å². The minimum absolute atomic E-state index is 0.0995. The Balaban J connectivity index is 1.23. The second-order valence-electron chi connectivity index (χ2n) is 8.22. The molecule has 0 amide bonds. The third-order valence-electron chi connectivity index (χ3n) is 5.82. The summed E-state index contributed by atoms with van der Waals surface area (Å²) in [7, 11) is -3.38. The number of nitrogens with zero attached hydrogens (tertiary/aromatic N) is 2. The lowest BCUT2D eigenvalue weighted by Gasteiger charge is -2.34. The van der Waals surface area contributed by atoms with Crippen LogP contribution < -0.4 is 4.72 Å². The summed E-state index contributed by atoms with van der Waals surface area (Å²) in [5.74, 6) is 0. The van der Waals surface area contributed by atoms with Crippen LogP contribution in [0.3, 0.4) is 0 Å². The van der Waals surface area contributed by atoms with Crippen molar-refractivity contribution in [3.63, 3.8) is 0 Å². The molecule has 0 radical (unpaired) electrons. The van der Waals surface area contributed by atoms with E-state index in [1.165, 1.54) is 5.56 Å². The van der Waals surface area contributed by atoms with Gasteiger partial charge in [-0.15, -0.1) is 0 Å². The van der Waals surface area contributed by atoms with Gasteiger partial charge in [0.1, 0.15) is 0 Å². The molecule has 0 unspecified atom stereocenters. The van der Waals surface area contributed by atoms with Crippen LogP contribution in [0.25, 0.3) is 0 Å². The Morgan fingerprint density at radius 3 is 2.06 bits per heavy atom. The maximum absolute atomic E-state index is 12.2. The van der Waals surface area contributed by atoms with Crippen LogP contribution in [0.5, 0.6) is 0 Å². The fourth-order valence-corrected chi connectivity index (χ4v) is 4.98. The van der Waals surface area contributed by atoms with Gasteiger partial charge < -0.3 is 10.0 Å². The molecule has 0 bridgehead atoms. The molecule has 0 saturated carbocycles. The van der Waals surface area contributed by atoms with E-state index in [9.17, 15) is 8.42 Å². The molecule has 1 aliphatic heterocycles. The van der Waals surface area contributed by atoms with Gasteiger partial charge in [0.15, 0.2) is 0 Å². The summed E-state index contributed by atoms with van der Waals surface area (Å²) >= 11 is 0. The topological polar surface area (TPSA) is 72.9 Å². The maximum Gasteiger partial charge on any atom is 0.240 e. The quantitative estimate of drug-likeness (QED) is 0.492. The smallest absolute Gasteiger partial charge is 0.240 e. The number of nitrogens with one attached hydrogen (secondary N) is 1. The number of sulfonamides is 1. The number of unbranched alkanes of at least 4 members (excludes halogenated alkanes) is 3. The molecule has 2 aromatic carbocycles. The first-order valence-electron chi connectivity index (χ1n) is 11.2. The van der Waals surface area contributed by atoms with Gasteiger partial charge in [-0.1, -0.05) is 55.3 Å². The molecule has 0 aromatic heterocycles. The zero-order valence-electron chi connectivity index (χ0n) is 18.2. The lowest BCUT2D eigenvalue weighted by Crippen LogP contribution is -2.46. The molecule has 1 aliphatic rings. The van der Waals surface area contributed by atoms with E-state index in [-0.39, 0.29) is 6.61 Å². The van der Waals surface area contributed by atoms with E-state index in [1.54, 1.807) is 24.3 Å². The average Bonchev–Trinajstić information content (AvgIpc) is 2.80. The van der Waals surface area contributed by atoms with Crippen LogP contribution in [0.15, 0.2) is 59.5 Å². The molecule has 6 nitrogen and oxygen atoms in total.